The summed E-state index contributed by atoms with van der Waals surface area (Å²) in [5, 5.41) is 2.76. The van der Waals surface area contributed by atoms with Crippen molar-refractivity contribution < 1.29 is 31.2 Å². The van der Waals surface area contributed by atoms with Crippen LogP contribution in [0.5, 0.6) is 0 Å². The number of hydroxylamine groups is 1. The fraction of sp³-hybridized carbons (Fsp3) is 0.318. The lowest BCUT2D eigenvalue weighted by Crippen LogP contribution is -2.40. The first kappa shape index (κ1) is 24.7. The Morgan fingerprint density at radius 1 is 1.15 bits per heavy atom. The van der Waals surface area contributed by atoms with Crippen molar-refractivity contribution in [3.05, 3.63) is 77.5 Å². The van der Waals surface area contributed by atoms with Crippen LogP contribution in [0.15, 0.2) is 71.3 Å². The molecule has 7 nitrogen and oxygen atoms in total. The summed E-state index contributed by atoms with van der Waals surface area (Å²) in [6.07, 6.45) is -3.63. The molecule has 11 heteroatoms. The molecular formula is C22H24F3N3O4S. The molecule has 2 aromatic rings. The van der Waals surface area contributed by atoms with E-state index in [-0.39, 0.29) is 25.4 Å². The highest BCUT2D eigenvalue weighted by atomic mass is 32.2. The van der Waals surface area contributed by atoms with Gasteiger partial charge in [0.1, 0.15) is 0 Å². The van der Waals surface area contributed by atoms with Gasteiger partial charge in [0.2, 0.25) is 10.0 Å². The predicted molar refractivity (Wildman–Crippen MR) is 115 cm³/mol. The number of rotatable bonds is 8. The van der Waals surface area contributed by atoms with Gasteiger partial charge in [0.05, 0.1) is 10.5 Å². The lowest BCUT2D eigenvalue weighted by atomic mass is 10.2. The highest BCUT2D eigenvalue weighted by molar-refractivity contribution is 7.89. The fourth-order valence-electron chi connectivity index (χ4n) is 3.09. The molecule has 0 saturated heterocycles. The van der Waals surface area contributed by atoms with Crippen molar-refractivity contribution in [2.45, 2.75) is 37.1 Å². The molecule has 2 aromatic carbocycles. The number of alkyl halides is 3. The summed E-state index contributed by atoms with van der Waals surface area (Å²) < 4.78 is 65.3. The normalized spacial score (nSPS) is 16.1. The van der Waals surface area contributed by atoms with Crippen LogP contribution in [0.25, 0.3) is 0 Å². The Morgan fingerprint density at radius 3 is 2.52 bits per heavy atom. The lowest BCUT2D eigenvalue weighted by molar-refractivity contribution is -0.138. The van der Waals surface area contributed by atoms with E-state index >= 15 is 0 Å². The van der Waals surface area contributed by atoms with Gasteiger partial charge in [-0.2, -0.15) is 17.5 Å². The molecule has 0 fully saturated rings. The van der Waals surface area contributed by atoms with Gasteiger partial charge in [-0.15, -0.1) is 0 Å². The Hall–Kier alpha value is -2.89. The van der Waals surface area contributed by atoms with E-state index in [9.17, 15) is 26.4 Å². The molecule has 1 aliphatic heterocycles. The van der Waals surface area contributed by atoms with E-state index in [1.807, 2.05) is 30.3 Å². The highest BCUT2D eigenvalue weighted by Crippen LogP contribution is 2.31. The van der Waals surface area contributed by atoms with Gasteiger partial charge in [-0.25, -0.2) is 8.42 Å². The zero-order chi connectivity index (χ0) is 24.1. The maximum Gasteiger partial charge on any atom is 0.416 e. The Balaban J connectivity index is 1.52. The van der Waals surface area contributed by atoms with Crippen LogP contribution in [0.3, 0.4) is 0 Å². The molecule has 1 heterocycles. The number of benzene rings is 2. The summed E-state index contributed by atoms with van der Waals surface area (Å²) in [7, 11) is -4.09. The zero-order valence-electron chi connectivity index (χ0n) is 17.8. The van der Waals surface area contributed by atoms with E-state index in [2.05, 4.69) is 10.8 Å². The lowest BCUT2D eigenvalue weighted by Gasteiger charge is -2.27. The maximum absolute atomic E-state index is 12.9. The summed E-state index contributed by atoms with van der Waals surface area (Å²) in [6, 6.07) is 13.1. The largest absolute Gasteiger partial charge is 0.416 e. The van der Waals surface area contributed by atoms with Crippen LogP contribution in [0.4, 0.5) is 13.2 Å². The van der Waals surface area contributed by atoms with E-state index in [0.717, 1.165) is 28.1 Å². The topological polar surface area (TPSA) is 87.7 Å². The number of amides is 1. The standard InChI is InChI=1S/C22H24F3N3O4S/c1-16(21(29)26-15-17-6-3-2-4-7-17)32-27-19-10-12-28(13-11-19)33(30,31)20-9-5-8-18(14-20)22(23,24)25/h2-10,14,16,27H,11-13,15H2,1H3,(H,26,29). The third-order valence-corrected chi connectivity index (χ3v) is 6.88. The minimum atomic E-state index is -4.63. The summed E-state index contributed by atoms with van der Waals surface area (Å²) >= 11 is 0. The van der Waals surface area contributed by atoms with Gasteiger partial charge >= 0.3 is 6.18 Å². The van der Waals surface area contributed by atoms with Crippen LogP contribution in [-0.2, 0) is 32.4 Å². The van der Waals surface area contributed by atoms with Gasteiger partial charge in [0.15, 0.2) is 6.10 Å². The maximum atomic E-state index is 12.9. The zero-order valence-corrected chi connectivity index (χ0v) is 18.6. The third kappa shape index (κ3) is 6.56. The average molecular weight is 484 g/mol. The molecule has 0 spiro atoms. The number of hydrogen-bond acceptors (Lipinski definition) is 5. The predicted octanol–water partition coefficient (Wildman–Crippen LogP) is 3.21. The monoisotopic (exact) mass is 483 g/mol. The minimum Gasteiger partial charge on any atom is -0.350 e. The van der Waals surface area contributed by atoms with Crippen molar-refractivity contribution in [1.29, 1.82) is 0 Å². The van der Waals surface area contributed by atoms with Crippen molar-refractivity contribution in [2.24, 2.45) is 0 Å². The van der Waals surface area contributed by atoms with Crippen LogP contribution >= 0.6 is 0 Å². The number of nitrogens with one attached hydrogen (secondary N) is 2. The molecule has 178 valence electrons. The number of carbonyl (C=O) groups is 1. The quantitative estimate of drug-likeness (QED) is 0.563. The molecule has 0 radical (unpaired) electrons. The first-order valence-corrected chi connectivity index (χ1v) is 11.6. The SMILES string of the molecule is CC(ONC1=CCN(S(=O)(=O)c2cccc(C(F)(F)F)c2)CC1)C(=O)NCc1ccccc1. The van der Waals surface area contributed by atoms with Crippen LogP contribution in [0.2, 0.25) is 0 Å². The van der Waals surface area contributed by atoms with Crippen LogP contribution < -0.4 is 10.8 Å². The minimum absolute atomic E-state index is 0.0428. The molecule has 1 amide bonds. The van der Waals surface area contributed by atoms with Gasteiger partial charge < -0.3 is 5.32 Å². The summed E-state index contributed by atoms with van der Waals surface area (Å²) in [5.74, 6) is -0.323. The highest BCUT2D eigenvalue weighted by Gasteiger charge is 2.33. The molecule has 1 unspecified atom stereocenters. The Bertz CT molecular complexity index is 1110. The number of nitrogens with zero attached hydrogens (tertiary/aromatic N) is 1. The van der Waals surface area contributed by atoms with Gasteiger partial charge in [0, 0.05) is 31.8 Å². The number of halogens is 3. The molecular weight excluding hydrogens is 459 g/mol. The van der Waals surface area contributed by atoms with E-state index in [1.54, 1.807) is 13.0 Å². The second kappa shape index (κ2) is 10.4. The van der Waals surface area contributed by atoms with Gasteiger partial charge in [-0.05, 0) is 36.8 Å². The molecule has 3 rings (SSSR count). The number of hydrogen-bond donors (Lipinski definition) is 2. The fourth-order valence-corrected chi connectivity index (χ4v) is 4.52. The molecule has 0 saturated carbocycles. The molecule has 1 aliphatic rings. The van der Waals surface area contributed by atoms with E-state index < -0.39 is 32.8 Å². The van der Waals surface area contributed by atoms with E-state index in [1.165, 1.54) is 0 Å². The first-order valence-electron chi connectivity index (χ1n) is 10.2. The number of sulfonamides is 1. The van der Waals surface area contributed by atoms with Crippen molar-refractivity contribution in [1.82, 2.24) is 15.1 Å². The average Bonchev–Trinajstić information content (AvgIpc) is 2.81. The summed E-state index contributed by atoms with van der Waals surface area (Å²) in [4.78, 5) is 17.1. The smallest absolute Gasteiger partial charge is 0.350 e. The summed E-state index contributed by atoms with van der Waals surface area (Å²) in [6.45, 7) is 1.94. The molecule has 2 N–H and O–H groups in total. The molecule has 0 aliphatic carbocycles. The van der Waals surface area contributed by atoms with Crippen molar-refractivity contribution in [3.63, 3.8) is 0 Å². The molecule has 1 atom stereocenters. The summed E-state index contributed by atoms with van der Waals surface area (Å²) in [5.41, 5.74) is 3.17. The molecule has 0 aromatic heterocycles. The van der Waals surface area contributed by atoms with Gasteiger partial charge in [-0.3, -0.25) is 15.1 Å². The van der Waals surface area contributed by atoms with Gasteiger partial charge in [-0.1, -0.05) is 36.4 Å². The van der Waals surface area contributed by atoms with Crippen LogP contribution in [0.1, 0.15) is 24.5 Å². The second-order valence-electron chi connectivity index (χ2n) is 7.43. The molecule has 0 bridgehead atoms. The third-order valence-electron chi connectivity index (χ3n) is 5.02. The number of carbonyl (C=O) groups excluding carboxylic acids is 1. The molecule has 33 heavy (non-hydrogen) atoms. The second-order valence-corrected chi connectivity index (χ2v) is 9.37. The van der Waals surface area contributed by atoms with Gasteiger partial charge in [0.25, 0.3) is 5.91 Å². The van der Waals surface area contributed by atoms with Crippen molar-refractivity contribution >= 4 is 15.9 Å². The van der Waals surface area contributed by atoms with Crippen molar-refractivity contribution in [2.75, 3.05) is 13.1 Å². The Kier molecular flexibility index (Phi) is 7.77. The first-order chi connectivity index (χ1) is 15.6. The Labute approximate surface area is 190 Å². The van der Waals surface area contributed by atoms with E-state index in [4.69, 9.17) is 4.84 Å². The van der Waals surface area contributed by atoms with Crippen LogP contribution in [0, 0.1) is 0 Å². The van der Waals surface area contributed by atoms with E-state index in [0.29, 0.717) is 18.3 Å². The van der Waals surface area contributed by atoms with Crippen molar-refractivity contribution in [3.8, 4) is 0 Å². The Morgan fingerprint density at radius 2 is 1.88 bits per heavy atom. The van der Waals surface area contributed by atoms with Crippen LogP contribution in [-0.4, -0.2) is 37.8 Å².